The fourth-order valence-electron chi connectivity index (χ4n) is 0.752. The van der Waals surface area contributed by atoms with Gasteiger partial charge in [0.15, 0.2) is 0 Å². The molecule has 0 saturated heterocycles. The lowest BCUT2D eigenvalue weighted by atomic mass is 9.96. The lowest BCUT2D eigenvalue weighted by molar-refractivity contribution is -0.125. The Morgan fingerprint density at radius 3 is 2.15 bits per heavy atom. The molecule has 0 aromatic heterocycles. The molecule has 78 valence electrons. The highest BCUT2D eigenvalue weighted by molar-refractivity contribution is 5.78. The van der Waals surface area contributed by atoms with Gasteiger partial charge in [-0.25, -0.2) is 0 Å². The molecular formula is C10H22N2O. The zero-order valence-electron chi connectivity index (χ0n) is 9.35. The lowest BCUT2D eigenvalue weighted by Gasteiger charge is -2.21. The van der Waals surface area contributed by atoms with Crippen molar-refractivity contribution >= 4 is 5.91 Å². The van der Waals surface area contributed by atoms with Crippen molar-refractivity contribution in [3.8, 4) is 0 Å². The Bertz CT molecular complexity index is 170. The molecule has 3 nitrogen and oxygen atoms in total. The highest BCUT2D eigenvalue weighted by Crippen LogP contribution is 2.11. The average Bonchev–Trinajstić information content (AvgIpc) is 1.97. The number of carbonyl (C=O) groups excluding carboxylic acids is 1. The molecule has 0 bridgehead atoms. The minimum atomic E-state index is -0.109. The van der Waals surface area contributed by atoms with Crippen molar-refractivity contribution in [3.63, 3.8) is 0 Å². The normalized spacial score (nSPS) is 16.5. The van der Waals surface area contributed by atoms with Gasteiger partial charge in [-0.1, -0.05) is 27.7 Å². The van der Waals surface area contributed by atoms with E-state index in [-0.39, 0.29) is 23.3 Å². The largest absolute Gasteiger partial charge is 0.355 e. The van der Waals surface area contributed by atoms with Crippen molar-refractivity contribution in [2.24, 2.45) is 17.1 Å². The minimum Gasteiger partial charge on any atom is -0.355 e. The summed E-state index contributed by atoms with van der Waals surface area (Å²) in [6, 6.07) is -0.0834. The first-order valence-corrected chi connectivity index (χ1v) is 4.77. The van der Waals surface area contributed by atoms with Crippen LogP contribution < -0.4 is 11.1 Å². The van der Waals surface area contributed by atoms with Crippen LogP contribution in [0.4, 0.5) is 0 Å². The van der Waals surface area contributed by atoms with Gasteiger partial charge in [0.1, 0.15) is 0 Å². The van der Waals surface area contributed by atoms with Gasteiger partial charge in [-0.3, -0.25) is 4.79 Å². The van der Waals surface area contributed by atoms with Crippen LogP contribution in [-0.4, -0.2) is 18.5 Å². The van der Waals surface area contributed by atoms with Crippen LogP contribution in [0.25, 0.3) is 0 Å². The first kappa shape index (κ1) is 12.4. The van der Waals surface area contributed by atoms with Crippen molar-refractivity contribution in [3.05, 3.63) is 0 Å². The molecule has 0 aromatic rings. The van der Waals surface area contributed by atoms with Crippen molar-refractivity contribution in [2.75, 3.05) is 6.54 Å². The number of rotatable bonds is 3. The van der Waals surface area contributed by atoms with Crippen molar-refractivity contribution in [1.82, 2.24) is 5.32 Å². The van der Waals surface area contributed by atoms with Gasteiger partial charge in [-0.05, 0) is 12.3 Å². The maximum absolute atomic E-state index is 11.4. The van der Waals surface area contributed by atoms with Gasteiger partial charge in [-0.15, -0.1) is 0 Å². The molecule has 0 fully saturated rings. The summed E-state index contributed by atoms with van der Waals surface area (Å²) in [7, 11) is 0. The number of hydrogen-bond acceptors (Lipinski definition) is 2. The number of amides is 1. The van der Waals surface area contributed by atoms with Crippen LogP contribution in [0.3, 0.4) is 0 Å². The Kier molecular flexibility index (Phi) is 4.40. The summed E-state index contributed by atoms with van der Waals surface area (Å²) in [6.45, 7) is 10.7. The molecule has 2 unspecified atom stereocenters. The van der Waals surface area contributed by atoms with Crippen LogP contribution in [-0.2, 0) is 4.79 Å². The summed E-state index contributed by atoms with van der Waals surface area (Å²) in [5, 5.41) is 2.88. The number of nitrogens with two attached hydrogens (primary N) is 1. The zero-order chi connectivity index (χ0) is 10.6. The molecule has 0 aliphatic carbocycles. The SMILES string of the molecule is CC(N)C(C)C(=O)NCC(C)(C)C. The third-order valence-corrected chi connectivity index (χ3v) is 2.00. The van der Waals surface area contributed by atoms with E-state index < -0.39 is 0 Å². The third-order valence-electron chi connectivity index (χ3n) is 2.00. The van der Waals surface area contributed by atoms with E-state index in [1.165, 1.54) is 0 Å². The van der Waals surface area contributed by atoms with Gasteiger partial charge in [0.25, 0.3) is 0 Å². The van der Waals surface area contributed by atoms with E-state index in [1.807, 2.05) is 13.8 Å². The summed E-state index contributed by atoms with van der Waals surface area (Å²) in [6.07, 6.45) is 0. The molecular weight excluding hydrogens is 164 g/mol. The van der Waals surface area contributed by atoms with E-state index in [0.29, 0.717) is 6.54 Å². The Balaban J connectivity index is 3.89. The predicted octanol–water partition coefficient (Wildman–Crippen LogP) is 1.13. The van der Waals surface area contributed by atoms with Gasteiger partial charge in [0.05, 0.1) is 0 Å². The van der Waals surface area contributed by atoms with Gasteiger partial charge in [0.2, 0.25) is 5.91 Å². The van der Waals surface area contributed by atoms with E-state index in [4.69, 9.17) is 5.73 Å². The summed E-state index contributed by atoms with van der Waals surface area (Å²) < 4.78 is 0. The number of carbonyl (C=O) groups is 1. The third kappa shape index (κ3) is 5.64. The van der Waals surface area contributed by atoms with Gasteiger partial charge < -0.3 is 11.1 Å². The second kappa shape index (κ2) is 4.61. The molecule has 0 aliphatic heterocycles. The highest BCUT2D eigenvalue weighted by atomic mass is 16.1. The number of hydrogen-bond donors (Lipinski definition) is 2. The zero-order valence-corrected chi connectivity index (χ0v) is 9.35. The van der Waals surface area contributed by atoms with Crippen LogP contribution in [0.15, 0.2) is 0 Å². The van der Waals surface area contributed by atoms with E-state index in [2.05, 4.69) is 26.1 Å². The Morgan fingerprint density at radius 1 is 1.38 bits per heavy atom. The molecule has 13 heavy (non-hydrogen) atoms. The van der Waals surface area contributed by atoms with Crippen LogP contribution in [0.2, 0.25) is 0 Å². The fraction of sp³-hybridized carbons (Fsp3) is 0.900. The Labute approximate surface area is 81.1 Å². The van der Waals surface area contributed by atoms with E-state index in [0.717, 1.165) is 0 Å². The average molecular weight is 186 g/mol. The molecule has 0 aromatic carbocycles. The summed E-state index contributed by atoms with van der Waals surface area (Å²) >= 11 is 0. The second-order valence-electron chi connectivity index (χ2n) is 4.93. The molecule has 0 saturated carbocycles. The Morgan fingerprint density at radius 2 is 1.85 bits per heavy atom. The highest BCUT2D eigenvalue weighted by Gasteiger charge is 2.18. The monoisotopic (exact) mass is 186 g/mol. The van der Waals surface area contributed by atoms with Crippen molar-refractivity contribution in [1.29, 1.82) is 0 Å². The topological polar surface area (TPSA) is 55.1 Å². The van der Waals surface area contributed by atoms with Gasteiger partial charge >= 0.3 is 0 Å². The lowest BCUT2D eigenvalue weighted by Crippen LogP contribution is -2.41. The van der Waals surface area contributed by atoms with Crippen molar-refractivity contribution in [2.45, 2.75) is 40.7 Å². The van der Waals surface area contributed by atoms with Crippen LogP contribution in [0.1, 0.15) is 34.6 Å². The summed E-state index contributed by atoms with van der Waals surface area (Å²) in [5.74, 6) is -0.0627. The minimum absolute atomic E-state index is 0.0462. The van der Waals surface area contributed by atoms with Crippen LogP contribution in [0, 0.1) is 11.3 Å². The fourth-order valence-corrected chi connectivity index (χ4v) is 0.752. The molecule has 1 amide bonds. The van der Waals surface area contributed by atoms with Crippen molar-refractivity contribution < 1.29 is 4.79 Å². The molecule has 0 heterocycles. The maximum Gasteiger partial charge on any atom is 0.224 e. The quantitative estimate of drug-likeness (QED) is 0.694. The van der Waals surface area contributed by atoms with Gasteiger partial charge in [-0.2, -0.15) is 0 Å². The van der Waals surface area contributed by atoms with E-state index in [9.17, 15) is 4.79 Å². The molecule has 0 radical (unpaired) electrons. The second-order valence-corrected chi connectivity index (χ2v) is 4.93. The van der Waals surface area contributed by atoms with Crippen LogP contribution in [0.5, 0.6) is 0 Å². The molecule has 0 aliphatic rings. The van der Waals surface area contributed by atoms with Crippen LogP contribution >= 0.6 is 0 Å². The molecule has 0 rings (SSSR count). The maximum atomic E-state index is 11.4. The molecule has 3 heteroatoms. The Hall–Kier alpha value is -0.570. The standard InChI is InChI=1S/C10H22N2O/c1-7(8(2)11)9(13)12-6-10(3,4)5/h7-8H,6,11H2,1-5H3,(H,12,13). The predicted molar refractivity (Wildman–Crippen MR) is 55.3 cm³/mol. The smallest absolute Gasteiger partial charge is 0.224 e. The van der Waals surface area contributed by atoms with E-state index in [1.54, 1.807) is 0 Å². The van der Waals surface area contributed by atoms with Gasteiger partial charge in [0, 0.05) is 18.5 Å². The molecule has 2 atom stereocenters. The molecule has 0 spiro atoms. The molecule has 3 N–H and O–H groups in total. The summed E-state index contributed by atoms with van der Waals surface area (Å²) in [4.78, 5) is 11.4. The summed E-state index contributed by atoms with van der Waals surface area (Å²) in [5.41, 5.74) is 5.75. The number of nitrogens with one attached hydrogen (secondary N) is 1. The first-order valence-electron chi connectivity index (χ1n) is 4.77. The van der Waals surface area contributed by atoms with E-state index >= 15 is 0 Å². The first-order chi connectivity index (χ1) is 5.74.